The van der Waals surface area contributed by atoms with Gasteiger partial charge in [-0.25, -0.2) is 12.8 Å². The van der Waals surface area contributed by atoms with Crippen LogP contribution in [0.2, 0.25) is 0 Å². The molecule has 2 aliphatic rings. The largest absolute Gasteiger partial charge is 0.369 e. The second kappa shape index (κ2) is 6.98. The van der Waals surface area contributed by atoms with Crippen LogP contribution in [0.1, 0.15) is 11.1 Å². The number of sulfonamides is 1. The number of rotatable bonds is 3. The van der Waals surface area contributed by atoms with Crippen molar-refractivity contribution in [3.63, 3.8) is 0 Å². The summed E-state index contributed by atoms with van der Waals surface area (Å²) in [6, 6.07) is 11.2. The van der Waals surface area contributed by atoms with Crippen LogP contribution in [0, 0.1) is 5.82 Å². The van der Waals surface area contributed by atoms with Gasteiger partial charge in [0.1, 0.15) is 5.82 Å². The van der Waals surface area contributed by atoms with E-state index in [0.29, 0.717) is 19.5 Å². The zero-order valence-electron chi connectivity index (χ0n) is 14.5. The van der Waals surface area contributed by atoms with Crippen molar-refractivity contribution in [2.45, 2.75) is 17.9 Å². The average Bonchev–Trinajstić information content (AvgIpc) is 2.68. The number of hydrogen-bond donors (Lipinski definition) is 1. The first kappa shape index (κ1) is 17.5. The van der Waals surface area contributed by atoms with Gasteiger partial charge in [-0.1, -0.05) is 12.1 Å². The highest BCUT2D eigenvalue weighted by molar-refractivity contribution is 7.89. The summed E-state index contributed by atoms with van der Waals surface area (Å²) >= 11 is 0. The van der Waals surface area contributed by atoms with E-state index in [9.17, 15) is 12.8 Å². The molecule has 0 aromatic heterocycles. The summed E-state index contributed by atoms with van der Waals surface area (Å²) in [6.07, 6.45) is 0.690. The lowest BCUT2D eigenvalue weighted by Crippen LogP contribution is -2.44. The first-order valence-corrected chi connectivity index (χ1v) is 10.3. The molecule has 0 spiro atoms. The molecule has 0 radical (unpaired) electrons. The van der Waals surface area contributed by atoms with Gasteiger partial charge in [-0.15, -0.1) is 0 Å². The highest BCUT2D eigenvalue weighted by atomic mass is 32.2. The van der Waals surface area contributed by atoms with Gasteiger partial charge in [-0.2, -0.15) is 4.31 Å². The number of benzene rings is 2. The Balaban J connectivity index is 1.61. The summed E-state index contributed by atoms with van der Waals surface area (Å²) in [5, 5.41) is 3.36. The third-order valence-corrected chi connectivity index (χ3v) is 6.97. The molecule has 2 heterocycles. The first-order chi connectivity index (χ1) is 12.6. The number of nitrogens with one attached hydrogen (secondary N) is 1. The highest BCUT2D eigenvalue weighted by Gasteiger charge is 2.30. The van der Waals surface area contributed by atoms with Crippen LogP contribution in [0.3, 0.4) is 0 Å². The highest BCUT2D eigenvalue weighted by Crippen LogP contribution is 2.31. The van der Waals surface area contributed by atoms with E-state index < -0.39 is 15.8 Å². The molecule has 5 nitrogen and oxygen atoms in total. The van der Waals surface area contributed by atoms with Crippen molar-refractivity contribution >= 4 is 15.7 Å². The molecule has 2 aromatic carbocycles. The summed E-state index contributed by atoms with van der Waals surface area (Å²) in [7, 11) is -3.62. The van der Waals surface area contributed by atoms with Gasteiger partial charge >= 0.3 is 0 Å². The molecule has 138 valence electrons. The lowest BCUT2D eigenvalue weighted by atomic mass is 9.98. The van der Waals surface area contributed by atoms with Gasteiger partial charge in [-0.3, -0.25) is 0 Å². The van der Waals surface area contributed by atoms with Crippen LogP contribution < -0.4 is 10.2 Å². The summed E-state index contributed by atoms with van der Waals surface area (Å²) in [5.74, 6) is -0.436. The van der Waals surface area contributed by atoms with Crippen molar-refractivity contribution in [2.75, 3.05) is 37.6 Å². The van der Waals surface area contributed by atoms with E-state index in [1.807, 2.05) is 12.1 Å². The fraction of sp³-hybridized carbons (Fsp3) is 0.368. The quantitative estimate of drug-likeness (QED) is 0.891. The monoisotopic (exact) mass is 375 g/mol. The van der Waals surface area contributed by atoms with Crippen LogP contribution in [-0.2, 0) is 23.0 Å². The molecule has 7 heteroatoms. The Morgan fingerprint density at radius 1 is 0.962 bits per heavy atom. The summed E-state index contributed by atoms with van der Waals surface area (Å²) in [5.41, 5.74) is 3.53. The minimum atomic E-state index is -3.62. The Bertz CT molecular complexity index is 894. The normalized spacial score (nSPS) is 18.6. The second-order valence-corrected chi connectivity index (χ2v) is 8.63. The molecule has 0 atom stereocenters. The van der Waals surface area contributed by atoms with Crippen LogP contribution in [0.5, 0.6) is 0 Å². The van der Waals surface area contributed by atoms with Crippen LogP contribution >= 0.6 is 0 Å². The third-order valence-electron chi connectivity index (χ3n) is 5.12. The molecule has 26 heavy (non-hydrogen) atoms. The number of halogens is 1. The van der Waals surface area contributed by atoms with Gasteiger partial charge in [0, 0.05) is 45.0 Å². The Morgan fingerprint density at radius 3 is 2.42 bits per heavy atom. The molecule has 0 amide bonds. The van der Waals surface area contributed by atoms with Gasteiger partial charge in [0.05, 0.1) is 4.90 Å². The summed E-state index contributed by atoms with van der Waals surface area (Å²) in [6.45, 7) is 4.66. The van der Waals surface area contributed by atoms with E-state index in [1.165, 1.54) is 39.8 Å². The smallest absolute Gasteiger partial charge is 0.243 e. The molecule has 0 saturated carbocycles. The maximum atomic E-state index is 13.1. The first-order valence-electron chi connectivity index (χ1n) is 8.88. The van der Waals surface area contributed by atoms with Crippen LogP contribution in [0.4, 0.5) is 10.1 Å². The van der Waals surface area contributed by atoms with Crippen molar-refractivity contribution in [1.29, 1.82) is 0 Å². The van der Waals surface area contributed by atoms with Crippen molar-refractivity contribution in [3.05, 3.63) is 59.4 Å². The van der Waals surface area contributed by atoms with E-state index in [0.717, 1.165) is 31.7 Å². The molecule has 1 N–H and O–H groups in total. The molecule has 4 rings (SSSR count). The third kappa shape index (κ3) is 3.22. The van der Waals surface area contributed by atoms with Crippen molar-refractivity contribution in [2.24, 2.45) is 0 Å². The Kier molecular flexibility index (Phi) is 4.69. The predicted molar refractivity (Wildman–Crippen MR) is 99.2 cm³/mol. The molecule has 2 aliphatic heterocycles. The minimum Gasteiger partial charge on any atom is -0.369 e. The summed E-state index contributed by atoms with van der Waals surface area (Å²) in [4.78, 5) is 2.51. The van der Waals surface area contributed by atoms with E-state index in [-0.39, 0.29) is 4.90 Å². The zero-order valence-corrected chi connectivity index (χ0v) is 15.3. The van der Waals surface area contributed by atoms with Crippen molar-refractivity contribution in [3.8, 4) is 0 Å². The van der Waals surface area contributed by atoms with E-state index in [1.54, 1.807) is 0 Å². The minimum absolute atomic E-state index is 0.139. The van der Waals surface area contributed by atoms with Crippen LogP contribution in [0.25, 0.3) is 0 Å². The Morgan fingerprint density at radius 2 is 1.69 bits per heavy atom. The van der Waals surface area contributed by atoms with Crippen molar-refractivity contribution in [1.82, 2.24) is 9.62 Å². The molecule has 1 fully saturated rings. The lowest BCUT2D eigenvalue weighted by Gasteiger charge is -2.35. The van der Waals surface area contributed by atoms with Gasteiger partial charge in [-0.05, 0) is 47.9 Å². The SMILES string of the molecule is O=S(=O)(c1ccc(F)cc1)N1CCc2c(cccc2N2CCNCC2)C1. The van der Waals surface area contributed by atoms with Gasteiger partial charge in [0.2, 0.25) is 10.0 Å². The molecule has 1 saturated heterocycles. The fourth-order valence-corrected chi connectivity index (χ4v) is 5.15. The Labute approximate surface area is 153 Å². The lowest BCUT2D eigenvalue weighted by molar-refractivity contribution is 0.391. The van der Waals surface area contributed by atoms with E-state index in [2.05, 4.69) is 16.3 Å². The average molecular weight is 375 g/mol. The molecular weight excluding hydrogens is 353 g/mol. The predicted octanol–water partition coefficient (Wildman–Crippen LogP) is 1.98. The number of nitrogens with zero attached hydrogens (tertiary/aromatic N) is 2. The topological polar surface area (TPSA) is 52.7 Å². The van der Waals surface area contributed by atoms with Gasteiger partial charge in [0.15, 0.2) is 0 Å². The molecule has 0 aliphatic carbocycles. The van der Waals surface area contributed by atoms with Crippen molar-refractivity contribution < 1.29 is 12.8 Å². The van der Waals surface area contributed by atoms with Gasteiger partial charge < -0.3 is 10.2 Å². The maximum Gasteiger partial charge on any atom is 0.243 e. The number of hydrogen-bond acceptors (Lipinski definition) is 4. The van der Waals surface area contributed by atoms with Gasteiger partial charge in [0.25, 0.3) is 0 Å². The van der Waals surface area contributed by atoms with Crippen LogP contribution in [0.15, 0.2) is 47.4 Å². The zero-order chi connectivity index (χ0) is 18.1. The van der Waals surface area contributed by atoms with E-state index >= 15 is 0 Å². The molecule has 0 bridgehead atoms. The van der Waals surface area contributed by atoms with E-state index in [4.69, 9.17) is 0 Å². The Hall–Kier alpha value is -1.96. The standard InChI is InChI=1S/C19H22FN3O2S/c20-16-4-6-17(7-5-16)26(24,25)23-11-8-18-15(14-23)2-1-3-19(18)22-12-9-21-10-13-22/h1-7,21H,8-14H2. The molecular formula is C19H22FN3O2S. The number of anilines is 1. The summed E-state index contributed by atoms with van der Waals surface area (Å²) < 4.78 is 40.4. The maximum absolute atomic E-state index is 13.1. The number of fused-ring (bicyclic) bond motifs is 1. The molecule has 2 aromatic rings. The van der Waals surface area contributed by atoms with Crippen LogP contribution in [-0.4, -0.2) is 45.4 Å². The fourth-order valence-electron chi connectivity index (χ4n) is 3.73. The second-order valence-electron chi connectivity index (χ2n) is 6.69. The number of piperazine rings is 1. The molecule has 0 unspecified atom stereocenters.